The number of furan rings is 1. The third-order valence-corrected chi connectivity index (χ3v) is 6.00. The molecule has 0 atom stereocenters. The number of carbonyl (C=O) groups is 1. The maximum Gasteiger partial charge on any atom is 0.291 e. The Morgan fingerprint density at radius 2 is 1.72 bits per heavy atom. The van der Waals surface area contributed by atoms with Crippen LogP contribution in [0.25, 0.3) is 0 Å². The van der Waals surface area contributed by atoms with Gasteiger partial charge in [-0.1, -0.05) is 5.16 Å². The molecule has 1 amide bonds. The highest BCUT2D eigenvalue weighted by Crippen LogP contribution is 2.24. The fourth-order valence-corrected chi connectivity index (χ4v) is 3.93. The summed E-state index contributed by atoms with van der Waals surface area (Å²) in [5.74, 6) is 1.37. The summed E-state index contributed by atoms with van der Waals surface area (Å²) >= 11 is 0. The lowest BCUT2D eigenvalue weighted by atomic mass is 10.1. The normalized spacial score (nSPS) is 11.3. The third kappa shape index (κ3) is 3.86. The molecule has 4 aromatic rings. The molecule has 0 aliphatic carbocycles. The summed E-state index contributed by atoms with van der Waals surface area (Å²) in [7, 11) is 1.93. The summed E-state index contributed by atoms with van der Waals surface area (Å²) in [6.45, 7) is 12.2. The van der Waals surface area contributed by atoms with Crippen molar-refractivity contribution in [2.45, 2.75) is 54.5 Å². The summed E-state index contributed by atoms with van der Waals surface area (Å²) in [4.78, 5) is 12.9. The summed E-state index contributed by atoms with van der Waals surface area (Å²) in [5, 5.41) is 16.0. The lowest BCUT2D eigenvalue weighted by molar-refractivity contribution is 0.0995. The first-order valence-corrected chi connectivity index (χ1v) is 10.5. The van der Waals surface area contributed by atoms with Gasteiger partial charge in [-0.05, 0) is 53.7 Å². The van der Waals surface area contributed by atoms with Crippen LogP contribution in [0.3, 0.4) is 0 Å². The van der Waals surface area contributed by atoms with Gasteiger partial charge in [-0.25, -0.2) is 0 Å². The molecule has 4 aromatic heterocycles. The summed E-state index contributed by atoms with van der Waals surface area (Å²) in [6, 6.07) is 3.48. The highest BCUT2D eigenvalue weighted by atomic mass is 16.5. The minimum absolute atomic E-state index is 0.247. The maximum absolute atomic E-state index is 12.9. The van der Waals surface area contributed by atoms with E-state index in [1.165, 1.54) is 0 Å². The van der Waals surface area contributed by atoms with Gasteiger partial charge >= 0.3 is 0 Å². The molecular formula is C23H28N6O3. The Kier molecular flexibility index (Phi) is 5.50. The molecule has 168 valence electrons. The fourth-order valence-electron chi connectivity index (χ4n) is 3.93. The quantitative estimate of drug-likeness (QED) is 0.491. The van der Waals surface area contributed by atoms with E-state index in [4.69, 9.17) is 8.94 Å². The van der Waals surface area contributed by atoms with Crippen molar-refractivity contribution in [3.8, 4) is 0 Å². The zero-order valence-corrected chi connectivity index (χ0v) is 19.5. The van der Waals surface area contributed by atoms with E-state index < -0.39 is 0 Å². The molecule has 9 nitrogen and oxygen atoms in total. The molecule has 32 heavy (non-hydrogen) atoms. The molecule has 0 radical (unpaired) electrons. The maximum atomic E-state index is 12.9. The van der Waals surface area contributed by atoms with E-state index >= 15 is 0 Å². The first-order chi connectivity index (χ1) is 15.2. The van der Waals surface area contributed by atoms with Crippen LogP contribution in [-0.2, 0) is 20.0 Å². The predicted octanol–water partition coefficient (Wildman–Crippen LogP) is 3.94. The minimum Gasteiger partial charge on any atom is -0.456 e. The number of hydrogen-bond donors (Lipinski definition) is 1. The highest BCUT2D eigenvalue weighted by Gasteiger charge is 2.20. The smallest absolute Gasteiger partial charge is 0.291 e. The molecule has 0 fully saturated rings. The Bertz CT molecular complexity index is 1280. The van der Waals surface area contributed by atoms with Crippen molar-refractivity contribution in [1.29, 1.82) is 0 Å². The van der Waals surface area contributed by atoms with Crippen LogP contribution < -0.4 is 5.32 Å². The van der Waals surface area contributed by atoms with E-state index in [0.717, 1.165) is 45.4 Å². The van der Waals surface area contributed by atoms with Gasteiger partial charge in [0, 0.05) is 30.3 Å². The minimum atomic E-state index is -0.311. The SMILES string of the molecule is Cc1noc(C)c1Cc1ccc(C(=O)Nc2c(C)nn(Cc3c(C)nn(C)c3C)c2C)o1. The van der Waals surface area contributed by atoms with Gasteiger partial charge in [-0.15, -0.1) is 0 Å². The summed E-state index contributed by atoms with van der Waals surface area (Å²) in [5.41, 5.74) is 7.32. The Labute approximate surface area is 186 Å². The van der Waals surface area contributed by atoms with Gasteiger partial charge in [-0.3, -0.25) is 14.2 Å². The van der Waals surface area contributed by atoms with Gasteiger partial charge in [0.05, 0.1) is 35.0 Å². The Hall–Kier alpha value is -3.62. The number of nitrogens with zero attached hydrogens (tertiary/aromatic N) is 5. The molecule has 0 bridgehead atoms. The zero-order chi connectivity index (χ0) is 23.2. The molecule has 0 aromatic carbocycles. The van der Waals surface area contributed by atoms with Crippen LogP contribution in [0.1, 0.15) is 61.7 Å². The van der Waals surface area contributed by atoms with Gasteiger partial charge in [-0.2, -0.15) is 10.2 Å². The number of aromatic nitrogens is 5. The molecule has 1 N–H and O–H groups in total. The van der Waals surface area contributed by atoms with Gasteiger partial charge in [0.25, 0.3) is 5.91 Å². The van der Waals surface area contributed by atoms with E-state index in [1.54, 1.807) is 12.1 Å². The van der Waals surface area contributed by atoms with Crippen molar-refractivity contribution in [2.24, 2.45) is 7.05 Å². The van der Waals surface area contributed by atoms with Crippen LogP contribution >= 0.6 is 0 Å². The molecule has 0 saturated carbocycles. The second-order valence-electron chi connectivity index (χ2n) is 8.18. The molecule has 9 heteroatoms. The van der Waals surface area contributed by atoms with Gasteiger partial charge in [0.2, 0.25) is 0 Å². The van der Waals surface area contributed by atoms with Crippen molar-refractivity contribution >= 4 is 11.6 Å². The standard InChI is InChI=1S/C23H28N6O3/c1-12-20(15(4)28(7)25-12)11-29-16(5)22(14(3)26-29)24-23(30)21-9-8-18(31-21)10-19-13(2)27-32-17(19)6/h8-9H,10-11H2,1-7H3,(H,24,30). The number of rotatable bonds is 6. The Morgan fingerprint density at radius 1 is 0.969 bits per heavy atom. The van der Waals surface area contributed by atoms with E-state index in [0.29, 0.717) is 24.4 Å². The fraction of sp³-hybridized carbons (Fsp3) is 0.391. The largest absolute Gasteiger partial charge is 0.456 e. The molecule has 0 saturated heterocycles. The molecule has 0 aliphatic heterocycles. The van der Waals surface area contributed by atoms with Crippen molar-refractivity contribution in [3.63, 3.8) is 0 Å². The van der Waals surface area contributed by atoms with Gasteiger partial charge < -0.3 is 14.3 Å². The number of nitrogens with one attached hydrogen (secondary N) is 1. The van der Waals surface area contributed by atoms with Crippen LogP contribution in [-0.4, -0.2) is 30.6 Å². The van der Waals surface area contributed by atoms with Crippen molar-refractivity contribution in [1.82, 2.24) is 24.7 Å². The molecule has 4 heterocycles. The predicted molar refractivity (Wildman–Crippen MR) is 119 cm³/mol. The Balaban J connectivity index is 1.51. The van der Waals surface area contributed by atoms with Crippen molar-refractivity contribution in [3.05, 3.63) is 69.0 Å². The number of carbonyl (C=O) groups excluding carboxylic acids is 1. The van der Waals surface area contributed by atoms with Crippen molar-refractivity contribution in [2.75, 3.05) is 5.32 Å². The first kappa shape index (κ1) is 21.6. The number of aryl methyl sites for hydroxylation is 5. The van der Waals surface area contributed by atoms with Crippen LogP contribution in [0.2, 0.25) is 0 Å². The average molecular weight is 437 g/mol. The first-order valence-electron chi connectivity index (χ1n) is 10.5. The van der Waals surface area contributed by atoms with E-state index in [1.807, 2.05) is 58.0 Å². The zero-order valence-electron chi connectivity index (χ0n) is 19.5. The lowest BCUT2D eigenvalue weighted by Crippen LogP contribution is -2.12. The molecular weight excluding hydrogens is 408 g/mol. The molecule has 0 aliphatic rings. The molecule has 0 spiro atoms. The number of amides is 1. The number of hydrogen-bond acceptors (Lipinski definition) is 6. The van der Waals surface area contributed by atoms with Crippen LogP contribution in [0.15, 0.2) is 21.1 Å². The van der Waals surface area contributed by atoms with Crippen LogP contribution in [0.4, 0.5) is 5.69 Å². The van der Waals surface area contributed by atoms with Crippen molar-refractivity contribution < 1.29 is 13.7 Å². The molecule has 4 rings (SSSR count). The second kappa shape index (κ2) is 8.14. The Morgan fingerprint density at radius 3 is 2.34 bits per heavy atom. The van der Waals surface area contributed by atoms with Gasteiger partial charge in [0.15, 0.2) is 5.76 Å². The van der Waals surface area contributed by atoms with Crippen LogP contribution in [0.5, 0.6) is 0 Å². The topological polar surface area (TPSA) is 104 Å². The monoisotopic (exact) mass is 436 g/mol. The summed E-state index contributed by atoms with van der Waals surface area (Å²) in [6.07, 6.45) is 0.522. The summed E-state index contributed by atoms with van der Waals surface area (Å²) < 4.78 is 14.8. The van der Waals surface area contributed by atoms with Crippen LogP contribution in [0, 0.1) is 41.5 Å². The average Bonchev–Trinajstić information content (AvgIpc) is 3.46. The third-order valence-electron chi connectivity index (χ3n) is 6.00. The number of anilines is 1. The van der Waals surface area contributed by atoms with E-state index in [9.17, 15) is 4.79 Å². The lowest BCUT2D eigenvalue weighted by Gasteiger charge is -2.07. The molecule has 0 unspecified atom stereocenters. The van der Waals surface area contributed by atoms with E-state index in [-0.39, 0.29) is 11.7 Å². The second-order valence-corrected chi connectivity index (χ2v) is 8.18. The van der Waals surface area contributed by atoms with E-state index in [2.05, 4.69) is 20.7 Å². The highest BCUT2D eigenvalue weighted by molar-refractivity contribution is 6.02. The van der Waals surface area contributed by atoms with Gasteiger partial charge in [0.1, 0.15) is 11.5 Å².